The van der Waals surface area contributed by atoms with Crippen LogP contribution in [0.15, 0.2) is 48.5 Å². The van der Waals surface area contributed by atoms with Crippen LogP contribution in [0.4, 0.5) is 15.6 Å². The lowest BCUT2D eigenvalue weighted by Crippen LogP contribution is -2.50. The van der Waals surface area contributed by atoms with E-state index in [-0.39, 0.29) is 6.03 Å². The maximum atomic E-state index is 12.7. The molecule has 1 N–H and O–H groups in total. The van der Waals surface area contributed by atoms with Crippen molar-refractivity contribution in [1.29, 1.82) is 0 Å². The predicted molar refractivity (Wildman–Crippen MR) is 123 cm³/mol. The lowest BCUT2D eigenvalue weighted by Gasteiger charge is -2.34. The molecule has 1 aromatic heterocycles. The smallest absolute Gasteiger partial charge is 0.321 e. The topological polar surface area (TPSA) is 61.4 Å². The molecule has 8 heteroatoms. The Kier molecular flexibility index (Phi) is 6.50. The molecule has 1 aliphatic rings. The van der Waals surface area contributed by atoms with Gasteiger partial charge < -0.3 is 15.1 Å². The van der Waals surface area contributed by atoms with Gasteiger partial charge in [-0.3, -0.25) is 0 Å². The van der Waals surface area contributed by atoms with E-state index in [4.69, 9.17) is 16.6 Å². The predicted octanol–water partition coefficient (Wildman–Crippen LogP) is 4.70. The number of piperazine rings is 1. The SMILES string of the molecule is CCc1ccccc1NC(=O)N1CCN(c2nc(Cc3ccc(Cl)cc3)ns2)CC1. The number of halogens is 1. The Morgan fingerprint density at radius 1 is 1.10 bits per heavy atom. The molecule has 2 aromatic carbocycles. The first kappa shape index (κ1) is 20.6. The largest absolute Gasteiger partial charge is 0.343 e. The van der Waals surface area contributed by atoms with Gasteiger partial charge in [-0.2, -0.15) is 4.37 Å². The highest BCUT2D eigenvalue weighted by atomic mass is 35.5. The van der Waals surface area contributed by atoms with Gasteiger partial charge in [-0.25, -0.2) is 9.78 Å². The van der Waals surface area contributed by atoms with Gasteiger partial charge in [0.05, 0.1) is 0 Å². The molecule has 0 bridgehead atoms. The molecular weight excluding hydrogens is 418 g/mol. The number of anilines is 2. The molecule has 0 radical (unpaired) electrons. The number of rotatable bonds is 5. The van der Waals surface area contributed by atoms with E-state index >= 15 is 0 Å². The number of carbonyl (C=O) groups excluding carboxylic acids is 1. The second-order valence-electron chi connectivity index (χ2n) is 7.21. The molecule has 0 unspecified atom stereocenters. The van der Waals surface area contributed by atoms with E-state index in [0.29, 0.717) is 19.5 Å². The zero-order chi connectivity index (χ0) is 20.9. The van der Waals surface area contributed by atoms with Gasteiger partial charge in [0.1, 0.15) is 5.82 Å². The normalized spacial score (nSPS) is 14.1. The fourth-order valence-electron chi connectivity index (χ4n) is 3.48. The number of aromatic nitrogens is 2. The summed E-state index contributed by atoms with van der Waals surface area (Å²) in [6.07, 6.45) is 1.58. The Morgan fingerprint density at radius 2 is 1.83 bits per heavy atom. The van der Waals surface area contributed by atoms with Crippen molar-refractivity contribution in [1.82, 2.24) is 14.3 Å². The van der Waals surface area contributed by atoms with Crippen LogP contribution in [-0.4, -0.2) is 46.5 Å². The summed E-state index contributed by atoms with van der Waals surface area (Å²) in [7, 11) is 0. The average molecular weight is 442 g/mol. The second-order valence-corrected chi connectivity index (χ2v) is 8.38. The lowest BCUT2D eigenvalue weighted by atomic mass is 10.1. The maximum absolute atomic E-state index is 12.7. The van der Waals surface area contributed by atoms with Gasteiger partial charge in [-0.05, 0) is 35.7 Å². The molecule has 156 valence electrons. The van der Waals surface area contributed by atoms with Gasteiger partial charge in [-0.1, -0.05) is 48.9 Å². The van der Waals surface area contributed by atoms with Crippen LogP contribution in [0.1, 0.15) is 23.9 Å². The first-order chi connectivity index (χ1) is 14.6. The van der Waals surface area contributed by atoms with Crippen LogP contribution in [0.5, 0.6) is 0 Å². The van der Waals surface area contributed by atoms with Crippen molar-refractivity contribution in [3.63, 3.8) is 0 Å². The number of aryl methyl sites for hydroxylation is 1. The maximum Gasteiger partial charge on any atom is 0.321 e. The molecule has 0 atom stereocenters. The van der Waals surface area contributed by atoms with E-state index in [1.807, 2.05) is 53.4 Å². The standard InChI is InChI=1S/C22H24ClN5OS/c1-2-17-5-3-4-6-19(17)24-21(29)27-11-13-28(14-12-27)22-25-20(26-30-22)15-16-7-9-18(23)10-8-16/h3-10H,2,11-15H2,1H3,(H,24,29). The molecule has 1 saturated heterocycles. The number of hydrogen-bond donors (Lipinski definition) is 1. The summed E-state index contributed by atoms with van der Waals surface area (Å²) in [5, 5.41) is 4.69. The minimum atomic E-state index is -0.0451. The molecule has 0 spiro atoms. The van der Waals surface area contributed by atoms with Gasteiger partial charge in [0.25, 0.3) is 0 Å². The highest BCUT2D eigenvalue weighted by Gasteiger charge is 2.23. The van der Waals surface area contributed by atoms with Crippen LogP contribution in [0.2, 0.25) is 5.02 Å². The molecular formula is C22H24ClN5OS. The Labute approximate surface area is 185 Å². The average Bonchev–Trinajstić information content (AvgIpc) is 3.24. The number of carbonyl (C=O) groups is 1. The summed E-state index contributed by atoms with van der Waals surface area (Å²) in [6, 6.07) is 15.7. The van der Waals surface area contributed by atoms with Crippen molar-refractivity contribution >= 4 is 40.0 Å². The summed E-state index contributed by atoms with van der Waals surface area (Å²) in [4.78, 5) is 21.4. The van der Waals surface area contributed by atoms with E-state index in [1.165, 1.54) is 11.5 Å². The van der Waals surface area contributed by atoms with Crippen LogP contribution in [0, 0.1) is 0 Å². The quantitative estimate of drug-likeness (QED) is 0.623. The summed E-state index contributed by atoms with van der Waals surface area (Å²) in [5.74, 6) is 0.814. The van der Waals surface area contributed by atoms with Crippen molar-refractivity contribution in [2.75, 3.05) is 36.4 Å². The molecule has 1 fully saturated rings. The minimum Gasteiger partial charge on any atom is -0.343 e. The molecule has 30 heavy (non-hydrogen) atoms. The summed E-state index contributed by atoms with van der Waals surface area (Å²) in [5.41, 5.74) is 3.17. The van der Waals surface area contributed by atoms with Gasteiger partial charge >= 0.3 is 6.03 Å². The Morgan fingerprint density at radius 3 is 2.57 bits per heavy atom. The van der Waals surface area contributed by atoms with Crippen LogP contribution in [-0.2, 0) is 12.8 Å². The van der Waals surface area contributed by atoms with E-state index in [2.05, 4.69) is 21.5 Å². The third-order valence-electron chi connectivity index (χ3n) is 5.21. The monoisotopic (exact) mass is 441 g/mol. The third kappa shape index (κ3) is 4.91. The summed E-state index contributed by atoms with van der Waals surface area (Å²) >= 11 is 7.36. The van der Waals surface area contributed by atoms with Crippen LogP contribution < -0.4 is 10.2 Å². The zero-order valence-electron chi connectivity index (χ0n) is 16.8. The lowest BCUT2D eigenvalue weighted by molar-refractivity contribution is 0.208. The first-order valence-electron chi connectivity index (χ1n) is 10.1. The Bertz CT molecular complexity index is 999. The van der Waals surface area contributed by atoms with Crippen molar-refractivity contribution in [3.8, 4) is 0 Å². The highest BCUT2D eigenvalue weighted by molar-refractivity contribution is 7.09. The van der Waals surface area contributed by atoms with Gasteiger partial charge in [0.2, 0.25) is 5.13 Å². The first-order valence-corrected chi connectivity index (χ1v) is 11.2. The van der Waals surface area contributed by atoms with Crippen LogP contribution in [0.3, 0.4) is 0 Å². The minimum absolute atomic E-state index is 0.0451. The molecule has 1 aliphatic heterocycles. The van der Waals surface area contributed by atoms with Gasteiger partial charge in [0.15, 0.2) is 0 Å². The number of benzene rings is 2. The summed E-state index contributed by atoms with van der Waals surface area (Å²) < 4.78 is 4.50. The molecule has 4 rings (SSSR count). The van der Waals surface area contributed by atoms with E-state index in [0.717, 1.165) is 52.3 Å². The third-order valence-corrected chi connectivity index (χ3v) is 6.28. The van der Waals surface area contributed by atoms with Crippen molar-refractivity contribution in [2.45, 2.75) is 19.8 Å². The number of nitrogens with zero attached hydrogens (tertiary/aromatic N) is 4. The molecule has 6 nitrogen and oxygen atoms in total. The zero-order valence-corrected chi connectivity index (χ0v) is 18.4. The molecule has 3 aromatic rings. The van der Waals surface area contributed by atoms with Crippen molar-refractivity contribution < 1.29 is 4.79 Å². The second kappa shape index (κ2) is 9.45. The van der Waals surface area contributed by atoms with E-state index < -0.39 is 0 Å². The van der Waals surface area contributed by atoms with Crippen molar-refractivity contribution in [3.05, 3.63) is 70.5 Å². The fraction of sp³-hybridized carbons (Fsp3) is 0.318. The van der Waals surface area contributed by atoms with Crippen LogP contribution >= 0.6 is 23.1 Å². The molecule has 2 amide bonds. The van der Waals surface area contributed by atoms with Crippen molar-refractivity contribution in [2.24, 2.45) is 0 Å². The van der Waals surface area contributed by atoms with Gasteiger partial charge in [0, 0.05) is 54.8 Å². The number of hydrogen-bond acceptors (Lipinski definition) is 5. The molecule has 2 heterocycles. The van der Waals surface area contributed by atoms with E-state index in [1.54, 1.807) is 0 Å². The Balaban J connectivity index is 1.31. The van der Waals surface area contributed by atoms with E-state index in [9.17, 15) is 4.79 Å². The number of amides is 2. The molecule has 0 saturated carbocycles. The number of nitrogens with one attached hydrogen (secondary N) is 1. The summed E-state index contributed by atoms with van der Waals surface area (Å²) in [6.45, 7) is 4.91. The Hall–Kier alpha value is -2.64. The van der Waals surface area contributed by atoms with Crippen LogP contribution in [0.25, 0.3) is 0 Å². The van der Waals surface area contributed by atoms with Gasteiger partial charge in [-0.15, -0.1) is 0 Å². The number of urea groups is 1. The fourth-order valence-corrected chi connectivity index (χ4v) is 4.34. The number of para-hydroxylation sites is 1. The molecule has 0 aliphatic carbocycles. The highest BCUT2D eigenvalue weighted by Crippen LogP contribution is 2.22.